The van der Waals surface area contributed by atoms with Crippen LogP contribution in [0.25, 0.3) is 0 Å². The van der Waals surface area contributed by atoms with Gasteiger partial charge in [-0.15, -0.1) is 0 Å². The van der Waals surface area contributed by atoms with E-state index in [4.69, 9.17) is 5.73 Å². The molecule has 0 aromatic rings. The molecule has 0 rings (SSSR count). The second-order valence-electron chi connectivity index (χ2n) is 2.69. The third-order valence-electron chi connectivity index (χ3n) is 1.57. The zero-order chi connectivity index (χ0) is 10.3. The van der Waals surface area contributed by atoms with E-state index in [1.807, 2.05) is 6.92 Å². The first-order valence-electron chi connectivity index (χ1n) is 4.22. The number of hydrogen-bond acceptors (Lipinski definition) is 4. The summed E-state index contributed by atoms with van der Waals surface area (Å²) in [6.45, 7) is 1.82. The molecule has 1 unspecified atom stereocenters. The molecule has 0 aliphatic heterocycles. The summed E-state index contributed by atoms with van der Waals surface area (Å²) in [6.07, 6.45) is 1.46. The van der Waals surface area contributed by atoms with Gasteiger partial charge in [-0.1, -0.05) is 13.3 Å². The van der Waals surface area contributed by atoms with E-state index in [9.17, 15) is 9.59 Å². The Bertz CT molecular complexity index is 182. The Morgan fingerprint density at radius 3 is 2.62 bits per heavy atom. The van der Waals surface area contributed by atoms with Crippen molar-refractivity contribution in [2.24, 2.45) is 5.73 Å². The maximum atomic E-state index is 11.1. The van der Waals surface area contributed by atoms with Crippen molar-refractivity contribution in [2.75, 3.05) is 13.7 Å². The lowest BCUT2D eigenvalue weighted by Crippen LogP contribution is -2.42. The third-order valence-corrected chi connectivity index (χ3v) is 1.57. The van der Waals surface area contributed by atoms with E-state index < -0.39 is 12.0 Å². The molecular formula is C8H16N2O3. The van der Waals surface area contributed by atoms with Crippen molar-refractivity contribution in [2.45, 2.75) is 25.8 Å². The van der Waals surface area contributed by atoms with Gasteiger partial charge in [0.25, 0.3) is 0 Å². The van der Waals surface area contributed by atoms with Crippen LogP contribution in [0.15, 0.2) is 0 Å². The van der Waals surface area contributed by atoms with Crippen LogP contribution in [0.3, 0.4) is 0 Å². The quantitative estimate of drug-likeness (QED) is 0.565. The first-order chi connectivity index (χ1) is 6.11. The molecule has 1 atom stereocenters. The molecular weight excluding hydrogens is 172 g/mol. The van der Waals surface area contributed by atoms with Gasteiger partial charge in [-0.05, 0) is 6.42 Å². The number of nitrogens with two attached hydrogens (primary N) is 1. The van der Waals surface area contributed by atoms with Gasteiger partial charge in [-0.3, -0.25) is 9.59 Å². The van der Waals surface area contributed by atoms with Crippen LogP contribution in [0.2, 0.25) is 0 Å². The highest BCUT2D eigenvalue weighted by Gasteiger charge is 2.12. The molecule has 13 heavy (non-hydrogen) atoms. The highest BCUT2D eigenvalue weighted by Crippen LogP contribution is 1.92. The predicted octanol–water partition coefficient (Wildman–Crippen LogP) is -0.597. The zero-order valence-electron chi connectivity index (χ0n) is 8.00. The SMILES string of the molecule is CCCC(N)C(=O)NCC(=O)OC. The van der Waals surface area contributed by atoms with Crippen molar-refractivity contribution in [1.29, 1.82) is 0 Å². The summed E-state index contributed by atoms with van der Waals surface area (Å²) in [5, 5.41) is 2.38. The number of amides is 1. The fourth-order valence-corrected chi connectivity index (χ4v) is 0.805. The molecule has 0 bridgehead atoms. The van der Waals surface area contributed by atoms with Crippen molar-refractivity contribution in [1.82, 2.24) is 5.32 Å². The van der Waals surface area contributed by atoms with E-state index in [1.165, 1.54) is 7.11 Å². The second-order valence-corrected chi connectivity index (χ2v) is 2.69. The minimum atomic E-state index is -0.533. The van der Waals surface area contributed by atoms with Crippen LogP contribution in [-0.2, 0) is 14.3 Å². The Kier molecular flexibility index (Phi) is 5.88. The average molecular weight is 188 g/mol. The maximum absolute atomic E-state index is 11.1. The molecule has 5 heteroatoms. The number of esters is 1. The first-order valence-corrected chi connectivity index (χ1v) is 4.22. The van der Waals surface area contributed by atoms with E-state index in [0.717, 1.165) is 6.42 Å². The lowest BCUT2D eigenvalue weighted by Gasteiger charge is -2.09. The average Bonchev–Trinajstić information content (AvgIpc) is 2.13. The topological polar surface area (TPSA) is 81.4 Å². The summed E-state index contributed by atoms with van der Waals surface area (Å²) < 4.78 is 4.35. The summed E-state index contributed by atoms with van der Waals surface area (Å²) in [7, 11) is 1.26. The Hall–Kier alpha value is -1.10. The van der Waals surface area contributed by atoms with Gasteiger partial charge in [0.15, 0.2) is 0 Å². The van der Waals surface area contributed by atoms with Gasteiger partial charge in [0.05, 0.1) is 13.2 Å². The molecule has 0 spiro atoms. The highest BCUT2D eigenvalue weighted by atomic mass is 16.5. The number of carbonyl (C=O) groups is 2. The summed E-state index contributed by atoms with van der Waals surface area (Å²) in [6, 6.07) is -0.533. The minimum Gasteiger partial charge on any atom is -0.468 e. The van der Waals surface area contributed by atoms with Crippen LogP contribution < -0.4 is 11.1 Å². The minimum absolute atomic E-state index is 0.118. The lowest BCUT2D eigenvalue weighted by atomic mass is 10.2. The van der Waals surface area contributed by atoms with Crippen LogP contribution in [0.4, 0.5) is 0 Å². The number of nitrogens with one attached hydrogen (secondary N) is 1. The molecule has 5 nitrogen and oxygen atoms in total. The van der Waals surface area contributed by atoms with Gasteiger partial charge in [0.1, 0.15) is 6.54 Å². The summed E-state index contributed by atoms with van der Waals surface area (Å²) in [5.74, 6) is -0.788. The van der Waals surface area contributed by atoms with Crippen LogP contribution in [0, 0.1) is 0 Å². The summed E-state index contributed by atoms with van der Waals surface area (Å²) in [4.78, 5) is 21.7. The smallest absolute Gasteiger partial charge is 0.325 e. The Balaban J connectivity index is 3.67. The summed E-state index contributed by atoms with van der Waals surface area (Å²) >= 11 is 0. The maximum Gasteiger partial charge on any atom is 0.325 e. The van der Waals surface area contributed by atoms with E-state index in [0.29, 0.717) is 6.42 Å². The Morgan fingerprint density at radius 2 is 2.15 bits per heavy atom. The molecule has 0 radical (unpaired) electrons. The van der Waals surface area contributed by atoms with Crippen LogP contribution in [0.5, 0.6) is 0 Å². The van der Waals surface area contributed by atoms with Gasteiger partial charge < -0.3 is 15.8 Å². The van der Waals surface area contributed by atoms with Crippen LogP contribution >= 0.6 is 0 Å². The van der Waals surface area contributed by atoms with Gasteiger partial charge in [-0.2, -0.15) is 0 Å². The van der Waals surface area contributed by atoms with Crippen molar-refractivity contribution in [3.63, 3.8) is 0 Å². The van der Waals surface area contributed by atoms with Gasteiger partial charge in [-0.25, -0.2) is 0 Å². The van der Waals surface area contributed by atoms with Crippen molar-refractivity contribution < 1.29 is 14.3 Å². The highest BCUT2D eigenvalue weighted by molar-refractivity contribution is 5.85. The monoisotopic (exact) mass is 188 g/mol. The zero-order valence-corrected chi connectivity index (χ0v) is 8.00. The van der Waals surface area contributed by atoms with Gasteiger partial charge in [0, 0.05) is 0 Å². The summed E-state index contributed by atoms with van der Waals surface area (Å²) in [5.41, 5.74) is 5.49. The molecule has 0 aromatic heterocycles. The van der Waals surface area contributed by atoms with E-state index in [1.54, 1.807) is 0 Å². The predicted molar refractivity (Wildman–Crippen MR) is 47.9 cm³/mol. The molecule has 0 saturated heterocycles. The number of ether oxygens (including phenoxy) is 1. The Labute approximate surface area is 77.6 Å². The molecule has 3 N–H and O–H groups in total. The number of hydrogen-bond donors (Lipinski definition) is 2. The van der Waals surface area contributed by atoms with Crippen LogP contribution in [0.1, 0.15) is 19.8 Å². The molecule has 0 aliphatic carbocycles. The van der Waals surface area contributed by atoms with Crippen molar-refractivity contribution >= 4 is 11.9 Å². The largest absolute Gasteiger partial charge is 0.468 e. The fraction of sp³-hybridized carbons (Fsp3) is 0.750. The van der Waals surface area contributed by atoms with Crippen molar-refractivity contribution in [3.05, 3.63) is 0 Å². The van der Waals surface area contributed by atoms with Crippen LogP contribution in [-0.4, -0.2) is 31.6 Å². The van der Waals surface area contributed by atoms with Gasteiger partial charge >= 0.3 is 5.97 Å². The molecule has 0 aromatic carbocycles. The third kappa shape index (κ3) is 5.19. The Morgan fingerprint density at radius 1 is 1.54 bits per heavy atom. The molecule has 76 valence electrons. The molecule has 0 fully saturated rings. The standard InChI is InChI=1S/C8H16N2O3/c1-3-4-6(9)8(12)10-5-7(11)13-2/h6H,3-5,9H2,1-2H3,(H,10,12). The van der Waals surface area contributed by atoms with Crippen molar-refractivity contribution in [3.8, 4) is 0 Å². The van der Waals surface area contributed by atoms with E-state index in [-0.39, 0.29) is 12.5 Å². The van der Waals surface area contributed by atoms with E-state index in [2.05, 4.69) is 10.1 Å². The number of rotatable bonds is 5. The van der Waals surface area contributed by atoms with Gasteiger partial charge in [0.2, 0.25) is 5.91 Å². The van der Waals surface area contributed by atoms with E-state index >= 15 is 0 Å². The normalized spacial score (nSPS) is 11.9. The fourth-order valence-electron chi connectivity index (χ4n) is 0.805. The molecule has 1 amide bonds. The second kappa shape index (κ2) is 6.42. The first kappa shape index (κ1) is 11.9. The molecule has 0 saturated carbocycles. The molecule has 0 aliphatic rings. The lowest BCUT2D eigenvalue weighted by molar-refractivity contribution is -0.141. The number of methoxy groups -OCH3 is 1. The molecule has 0 heterocycles. The number of carbonyl (C=O) groups excluding carboxylic acids is 2.